The molecule has 0 aliphatic heterocycles. The highest BCUT2D eigenvalue weighted by molar-refractivity contribution is 6.31. The van der Waals surface area contributed by atoms with Crippen LogP contribution in [0.4, 0.5) is 0 Å². The summed E-state index contributed by atoms with van der Waals surface area (Å²) in [6.07, 6.45) is 0. The molecule has 0 aliphatic carbocycles. The fourth-order valence-corrected chi connectivity index (χ4v) is 2.66. The first-order valence-electron chi connectivity index (χ1n) is 7.95. The minimum absolute atomic E-state index is 0.0152. The lowest BCUT2D eigenvalue weighted by atomic mass is 10.1. The van der Waals surface area contributed by atoms with Crippen molar-refractivity contribution in [3.8, 4) is 11.5 Å². The van der Waals surface area contributed by atoms with E-state index in [1.165, 1.54) is 0 Å². The molecule has 1 unspecified atom stereocenters. The third-order valence-corrected chi connectivity index (χ3v) is 4.15. The number of nitrogens with zero attached hydrogens (tertiary/aromatic N) is 1. The van der Waals surface area contributed by atoms with Crippen molar-refractivity contribution in [2.45, 2.75) is 6.04 Å². The SMILES string of the molecule is COc1ccc(OCC(=O)NCC(c2ccccc2Cl)N(C)C)cc1. The van der Waals surface area contributed by atoms with Gasteiger partial charge in [-0.3, -0.25) is 4.79 Å². The number of nitrogens with one attached hydrogen (secondary N) is 1. The van der Waals surface area contributed by atoms with Crippen LogP contribution in [0.2, 0.25) is 5.02 Å². The Hall–Kier alpha value is -2.24. The number of likely N-dealkylation sites (N-methyl/N-ethyl adjacent to an activating group) is 1. The molecule has 0 aliphatic rings. The maximum absolute atomic E-state index is 12.1. The lowest BCUT2D eigenvalue weighted by molar-refractivity contribution is -0.123. The van der Waals surface area contributed by atoms with E-state index in [9.17, 15) is 4.79 Å². The van der Waals surface area contributed by atoms with Gasteiger partial charge in [0.2, 0.25) is 0 Å². The van der Waals surface area contributed by atoms with Crippen LogP contribution >= 0.6 is 11.6 Å². The maximum atomic E-state index is 12.1. The molecule has 6 heteroatoms. The Morgan fingerprint density at radius 3 is 2.36 bits per heavy atom. The zero-order valence-electron chi connectivity index (χ0n) is 14.7. The number of hydrogen-bond donors (Lipinski definition) is 1. The molecule has 0 radical (unpaired) electrons. The van der Waals surface area contributed by atoms with Gasteiger partial charge in [0.05, 0.1) is 13.2 Å². The third kappa shape index (κ3) is 5.66. The van der Waals surface area contributed by atoms with Crippen LogP contribution in [0.5, 0.6) is 11.5 Å². The predicted molar refractivity (Wildman–Crippen MR) is 99.4 cm³/mol. The van der Waals surface area contributed by atoms with E-state index >= 15 is 0 Å². The zero-order valence-corrected chi connectivity index (χ0v) is 15.4. The van der Waals surface area contributed by atoms with E-state index in [1.807, 2.05) is 43.3 Å². The van der Waals surface area contributed by atoms with Crippen LogP contribution in [0, 0.1) is 0 Å². The molecule has 0 saturated heterocycles. The second-order valence-corrected chi connectivity index (χ2v) is 6.18. The van der Waals surface area contributed by atoms with E-state index in [4.69, 9.17) is 21.1 Å². The number of methoxy groups -OCH3 is 1. The molecule has 2 aromatic carbocycles. The maximum Gasteiger partial charge on any atom is 0.258 e. The van der Waals surface area contributed by atoms with Crippen LogP contribution in [-0.4, -0.2) is 45.2 Å². The third-order valence-electron chi connectivity index (χ3n) is 3.81. The van der Waals surface area contributed by atoms with Gasteiger partial charge in [-0.2, -0.15) is 0 Å². The molecular weight excluding hydrogens is 340 g/mol. The van der Waals surface area contributed by atoms with Gasteiger partial charge in [0.25, 0.3) is 5.91 Å². The van der Waals surface area contributed by atoms with Crippen molar-refractivity contribution in [2.24, 2.45) is 0 Å². The first kappa shape index (κ1) is 19.1. The van der Waals surface area contributed by atoms with Crippen molar-refractivity contribution in [1.29, 1.82) is 0 Å². The van der Waals surface area contributed by atoms with E-state index in [1.54, 1.807) is 31.4 Å². The first-order valence-corrected chi connectivity index (χ1v) is 8.33. The summed E-state index contributed by atoms with van der Waals surface area (Å²) in [5, 5.41) is 3.58. The van der Waals surface area contributed by atoms with E-state index in [2.05, 4.69) is 5.32 Å². The molecule has 0 heterocycles. The molecule has 0 saturated carbocycles. The molecule has 0 spiro atoms. The molecule has 5 nitrogen and oxygen atoms in total. The molecule has 0 aromatic heterocycles. The molecular formula is C19H23ClN2O3. The summed E-state index contributed by atoms with van der Waals surface area (Å²) in [6, 6.07) is 14.7. The van der Waals surface area contributed by atoms with Gasteiger partial charge in [-0.05, 0) is 50.0 Å². The number of carbonyl (C=O) groups is 1. The molecule has 25 heavy (non-hydrogen) atoms. The second kappa shape index (κ2) is 9.30. The average Bonchev–Trinajstić information content (AvgIpc) is 2.61. The highest BCUT2D eigenvalue weighted by Gasteiger charge is 2.17. The van der Waals surface area contributed by atoms with E-state index in [-0.39, 0.29) is 18.6 Å². The molecule has 1 N–H and O–H groups in total. The molecule has 1 atom stereocenters. The second-order valence-electron chi connectivity index (χ2n) is 5.77. The largest absolute Gasteiger partial charge is 0.497 e. The Kier molecular flexibility index (Phi) is 7.10. The summed E-state index contributed by atoms with van der Waals surface area (Å²) in [4.78, 5) is 14.1. The average molecular weight is 363 g/mol. The summed E-state index contributed by atoms with van der Waals surface area (Å²) in [5.74, 6) is 1.17. The van der Waals surface area contributed by atoms with Gasteiger partial charge < -0.3 is 19.7 Å². The zero-order chi connectivity index (χ0) is 18.2. The van der Waals surface area contributed by atoms with Gasteiger partial charge in [-0.25, -0.2) is 0 Å². The fourth-order valence-electron chi connectivity index (χ4n) is 2.40. The quantitative estimate of drug-likeness (QED) is 0.783. The lowest BCUT2D eigenvalue weighted by Gasteiger charge is -2.26. The molecule has 0 fully saturated rings. The molecule has 0 bridgehead atoms. The minimum Gasteiger partial charge on any atom is -0.497 e. The van der Waals surface area contributed by atoms with Gasteiger partial charge >= 0.3 is 0 Å². The Balaban J connectivity index is 1.87. The highest BCUT2D eigenvalue weighted by Crippen LogP contribution is 2.25. The topological polar surface area (TPSA) is 50.8 Å². The Morgan fingerprint density at radius 1 is 1.12 bits per heavy atom. The highest BCUT2D eigenvalue weighted by atomic mass is 35.5. The fraction of sp³-hybridized carbons (Fsp3) is 0.316. The summed E-state index contributed by atoms with van der Waals surface area (Å²) >= 11 is 6.27. The number of ether oxygens (including phenoxy) is 2. The van der Waals surface area contributed by atoms with Crippen LogP contribution in [-0.2, 0) is 4.79 Å². The molecule has 2 rings (SSSR count). The first-order chi connectivity index (χ1) is 12.0. The minimum atomic E-state index is -0.185. The smallest absolute Gasteiger partial charge is 0.258 e. The predicted octanol–water partition coefficient (Wildman–Crippen LogP) is 3.15. The van der Waals surface area contributed by atoms with Gasteiger partial charge in [0.1, 0.15) is 11.5 Å². The monoisotopic (exact) mass is 362 g/mol. The van der Waals surface area contributed by atoms with Crippen LogP contribution in [0.3, 0.4) is 0 Å². The van der Waals surface area contributed by atoms with Crippen LogP contribution in [0.15, 0.2) is 48.5 Å². The van der Waals surface area contributed by atoms with Crippen molar-refractivity contribution in [3.05, 3.63) is 59.1 Å². The normalized spacial score (nSPS) is 11.9. The number of hydrogen-bond acceptors (Lipinski definition) is 4. The summed E-state index contributed by atoms with van der Waals surface area (Å²) < 4.78 is 10.6. The van der Waals surface area contributed by atoms with Crippen molar-refractivity contribution in [2.75, 3.05) is 34.4 Å². The van der Waals surface area contributed by atoms with Gasteiger partial charge in [-0.1, -0.05) is 29.8 Å². The number of benzene rings is 2. The van der Waals surface area contributed by atoms with E-state index in [0.717, 1.165) is 11.3 Å². The molecule has 2 aromatic rings. The standard InChI is InChI=1S/C19H23ClN2O3/c1-22(2)18(16-6-4-5-7-17(16)20)12-21-19(23)13-25-15-10-8-14(24-3)9-11-15/h4-11,18H,12-13H2,1-3H3,(H,21,23). The molecule has 134 valence electrons. The Bertz CT molecular complexity index is 689. The Labute approximate surface area is 153 Å². The molecule has 1 amide bonds. The summed E-state index contributed by atoms with van der Waals surface area (Å²) in [5.41, 5.74) is 0.977. The van der Waals surface area contributed by atoms with Gasteiger partial charge in [-0.15, -0.1) is 0 Å². The summed E-state index contributed by atoms with van der Waals surface area (Å²) in [7, 11) is 5.51. The van der Waals surface area contributed by atoms with Crippen molar-refractivity contribution < 1.29 is 14.3 Å². The van der Waals surface area contributed by atoms with Gasteiger partial charge in [0, 0.05) is 11.6 Å². The van der Waals surface area contributed by atoms with Crippen molar-refractivity contribution >= 4 is 17.5 Å². The van der Waals surface area contributed by atoms with Crippen LogP contribution in [0.25, 0.3) is 0 Å². The van der Waals surface area contributed by atoms with Crippen molar-refractivity contribution in [1.82, 2.24) is 10.2 Å². The number of carbonyl (C=O) groups excluding carboxylic acids is 1. The van der Waals surface area contributed by atoms with E-state index < -0.39 is 0 Å². The number of halogens is 1. The van der Waals surface area contributed by atoms with Crippen molar-refractivity contribution in [3.63, 3.8) is 0 Å². The summed E-state index contributed by atoms with van der Waals surface area (Å²) in [6.45, 7) is 0.399. The number of amides is 1. The lowest BCUT2D eigenvalue weighted by Crippen LogP contribution is -2.37. The van der Waals surface area contributed by atoms with Gasteiger partial charge in [0.15, 0.2) is 6.61 Å². The van der Waals surface area contributed by atoms with E-state index in [0.29, 0.717) is 17.3 Å². The van der Waals surface area contributed by atoms with Crippen LogP contribution < -0.4 is 14.8 Å². The Morgan fingerprint density at radius 2 is 1.76 bits per heavy atom. The number of rotatable bonds is 8. The van der Waals surface area contributed by atoms with Crippen LogP contribution in [0.1, 0.15) is 11.6 Å².